The summed E-state index contributed by atoms with van der Waals surface area (Å²) in [6, 6.07) is 13.3. The summed E-state index contributed by atoms with van der Waals surface area (Å²) in [6.45, 7) is 1.30. The molecule has 3 aromatic heterocycles. The number of piperidine rings is 1. The molecule has 1 amide bonds. The topological polar surface area (TPSA) is 95.5 Å². The third-order valence-corrected chi connectivity index (χ3v) is 6.75. The lowest BCUT2D eigenvalue weighted by Gasteiger charge is -2.31. The van der Waals surface area contributed by atoms with Crippen LogP contribution in [0, 0.1) is 0 Å². The summed E-state index contributed by atoms with van der Waals surface area (Å²) in [5.41, 5.74) is 3.68. The van der Waals surface area contributed by atoms with Crippen LogP contribution in [0.25, 0.3) is 27.5 Å². The number of hydrogen-bond acceptors (Lipinski definition) is 4. The Bertz CT molecular complexity index is 1570. The minimum Gasteiger partial charge on any atom is -0.497 e. The number of nitrogens with one attached hydrogen (secondary N) is 2. The van der Waals surface area contributed by atoms with Crippen LogP contribution < -0.4 is 10.3 Å². The van der Waals surface area contributed by atoms with Gasteiger partial charge in [0.2, 0.25) is 0 Å². The van der Waals surface area contributed by atoms with Crippen LogP contribution in [-0.4, -0.2) is 50.6 Å². The van der Waals surface area contributed by atoms with E-state index in [1.807, 2.05) is 35.2 Å². The Labute approximate surface area is 188 Å². The zero-order chi connectivity index (χ0) is 22.5. The van der Waals surface area contributed by atoms with Crippen molar-refractivity contribution in [2.24, 2.45) is 0 Å². The number of H-pyrrole nitrogens is 2. The molecule has 1 fully saturated rings. The molecule has 8 heteroatoms. The second kappa shape index (κ2) is 7.51. The standard InChI is InChI=1S/C25H23N5O3/c1-33-16-6-7-21-18(12-16)19(13-26-21)15-8-10-29(11-9-15)25(32)20-14-27-30-22-5-3-2-4-17(22)24(31)28-23(20)30/h2-7,12-15,26H,8-11H2,1H3,(H,28,31). The highest BCUT2D eigenvalue weighted by molar-refractivity contribution is 6.00. The van der Waals surface area contributed by atoms with Gasteiger partial charge in [-0.3, -0.25) is 9.59 Å². The molecule has 166 valence electrons. The molecule has 5 aromatic rings. The Morgan fingerprint density at radius 2 is 1.94 bits per heavy atom. The molecule has 6 rings (SSSR count). The zero-order valence-corrected chi connectivity index (χ0v) is 18.2. The summed E-state index contributed by atoms with van der Waals surface area (Å²) in [5.74, 6) is 1.10. The van der Waals surface area contributed by atoms with Gasteiger partial charge in [-0.2, -0.15) is 5.10 Å². The number of methoxy groups -OCH3 is 1. The van der Waals surface area contributed by atoms with Gasteiger partial charge >= 0.3 is 0 Å². The number of hydrogen-bond donors (Lipinski definition) is 2. The first-order chi connectivity index (χ1) is 16.1. The van der Waals surface area contributed by atoms with E-state index in [-0.39, 0.29) is 11.5 Å². The number of benzene rings is 2. The molecular weight excluding hydrogens is 418 g/mol. The number of aromatic amines is 2. The maximum absolute atomic E-state index is 13.3. The van der Waals surface area contributed by atoms with E-state index in [0.717, 1.165) is 24.1 Å². The molecule has 0 aliphatic carbocycles. The van der Waals surface area contributed by atoms with Crippen LogP contribution >= 0.6 is 0 Å². The summed E-state index contributed by atoms with van der Waals surface area (Å²) in [4.78, 5) is 33.9. The third-order valence-electron chi connectivity index (χ3n) is 6.75. The van der Waals surface area contributed by atoms with Crippen LogP contribution in [0.2, 0.25) is 0 Å². The molecular formula is C25H23N5O3. The molecule has 1 saturated heterocycles. The zero-order valence-electron chi connectivity index (χ0n) is 18.2. The molecule has 0 radical (unpaired) electrons. The maximum atomic E-state index is 13.3. The average molecular weight is 441 g/mol. The fraction of sp³-hybridized carbons (Fsp3) is 0.240. The van der Waals surface area contributed by atoms with Gasteiger partial charge in [-0.25, -0.2) is 4.52 Å². The highest BCUT2D eigenvalue weighted by Crippen LogP contribution is 2.35. The Morgan fingerprint density at radius 1 is 1.12 bits per heavy atom. The Kier molecular flexibility index (Phi) is 4.46. The van der Waals surface area contributed by atoms with Crippen LogP contribution in [0.3, 0.4) is 0 Å². The van der Waals surface area contributed by atoms with Crippen molar-refractivity contribution in [2.75, 3.05) is 20.2 Å². The van der Waals surface area contributed by atoms with E-state index in [9.17, 15) is 9.59 Å². The highest BCUT2D eigenvalue weighted by Gasteiger charge is 2.28. The molecule has 0 unspecified atom stereocenters. The van der Waals surface area contributed by atoms with E-state index >= 15 is 0 Å². The summed E-state index contributed by atoms with van der Waals surface area (Å²) < 4.78 is 7.03. The molecule has 1 aliphatic rings. The van der Waals surface area contributed by atoms with Crippen molar-refractivity contribution in [3.63, 3.8) is 0 Å². The van der Waals surface area contributed by atoms with Crippen molar-refractivity contribution < 1.29 is 9.53 Å². The third kappa shape index (κ3) is 3.09. The smallest absolute Gasteiger partial charge is 0.259 e. The molecule has 33 heavy (non-hydrogen) atoms. The molecule has 1 aliphatic heterocycles. The van der Waals surface area contributed by atoms with Gasteiger partial charge in [0.1, 0.15) is 17.0 Å². The van der Waals surface area contributed by atoms with Crippen molar-refractivity contribution in [1.29, 1.82) is 0 Å². The summed E-state index contributed by atoms with van der Waals surface area (Å²) >= 11 is 0. The second-order valence-electron chi connectivity index (χ2n) is 8.51. The number of fused-ring (bicyclic) bond motifs is 4. The van der Waals surface area contributed by atoms with Gasteiger partial charge in [0.15, 0.2) is 0 Å². The number of rotatable bonds is 3. The van der Waals surface area contributed by atoms with E-state index in [1.54, 1.807) is 23.9 Å². The summed E-state index contributed by atoms with van der Waals surface area (Å²) in [6.07, 6.45) is 5.37. The Morgan fingerprint density at radius 3 is 2.76 bits per heavy atom. The lowest BCUT2D eigenvalue weighted by Crippen LogP contribution is -2.38. The fourth-order valence-electron chi connectivity index (χ4n) is 4.98. The van der Waals surface area contributed by atoms with Crippen LogP contribution in [0.4, 0.5) is 0 Å². The number of carbonyl (C=O) groups is 1. The molecule has 0 saturated carbocycles. The van der Waals surface area contributed by atoms with Gasteiger partial charge in [0.25, 0.3) is 11.5 Å². The van der Waals surface area contributed by atoms with Crippen LogP contribution in [0.1, 0.15) is 34.7 Å². The minimum absolute atomic E-state index is 0.102. The lowest BCUT2D eigenvalue weighted by atomic mass is 9.89. The number of amides is 1. The first kappa shape index (κ1) is 19.6. The summed E-state index contributed by atoms with van der Waals surface area (Å²) in [7, 11) is 1.67. The van der Waals surface area contributed by atoms with Gasteiger partial charge in [0, 0.05) is 30.2 Å². The van der Waals surface area contributed by atoms with E-state index in [2.05, 4.69) is 27.3 Å². The quantitative estimate of drug-likeness (QED) is 0.446. The van der Waals surface area contributed by atoms with E-state index in [4.69, 9.17) is 4.74 Å². The van der Waals surface area contributed by atoms with Crippen molar-refractivity contribution in [1.82, 2.24) is 24.5 Å². The van der Waals surface area contributed by atoms with Crippen molar-refractivity contribution in [3.8, 4) is 5.75 Å². The van der Waals surface area contributed by atoms with Crippen LogP contribution in [0.5, 0.6) is 5.75 Å². The first-order valence-corrected chi connectivity index (χ1v) is 11.1. The van der Waals surface area contributed by atoms with Crippen LogP contribution in [-0.2, 0) is 0 Å². The second-order valence-corrected chi connectivity index (χ2v) is 8.51. The van der Waals surface area contributed by atoms with E-state index < -0.39 is 0 Å². The number of para-hydroxylation sites is 1. The van der Waals surface area contributed by atoms with Crippen molar-refractivity contribution in [3.05, 3.63) is 76.3 Å². The largest absolute Gasteiger partial charge is 0.497 e. The predicted molar refractivity (Wildman–Crippen MR) is 126 cm³/mol. The summed E-state index contributed by atoms with van der Waals surface area (Å²) in [5, 5.41) is 6.11. The highest BCUT2D eigenvalue weighted by atomic mass is 16.5. The van der Waals surface area contributed by atoms with Crippen molar-refractivity contribution >= 4 is 33.4 Å². The van der Waals surface area contributed by atoms with Gasteiger partial charge < -0.3 is 19.6 Å². The van der Waals surface area contributed by atoms with Gasteiger partial charge in [-0.05, 0) is 54.7 Å². The SMILES string of the molecule is COc1ccc2[nH]cc(C3CCN(C(=O)c4cnn5c4[nH]c(=O)c4ccccc45)CC3)c2c1. The average Bonchev–Trinajstić information content (AvgIpc) is 3.48. The maximum Gasteiger partial charge on any atom is 0.259 e. The van der Waals surface area contributed by atoms with E-state index in [0.29, 0.717) is 41.1 Å². The van der Waals surface area contributed by atoms with E-state index in [1.165, 1.54) is 10.9 Å². The number of ether oxygens (including phenoxy) is 1. The Balaban J connectivity index is 1.26. The number of aromatic nitrogens is 4. The monoisotopic (exact) mass is 441 g/mol. The molecule has 2 aromatic carbocycles. The fourth-order valence-corrected chi connectivity index (χ4v) is 4.98. The van der Waals surface area contributed by atoms with Gasteiger partial charge in [-0.15, -0.1) is 0 Å². The normalized spacial score (nSPS) is 15.0. The van der Waals surface area contributed by atoms with Gasteiger partial charge in [0.05, 0.1) is 24.2 Å². The van der Waals surface area contributed by atoms with Crippen molar-refractivity contribution in [2.45, 2.75) is 18.8 Å². The molecule has 8 nitrogen and oxygen atoms in total. The molecule has 0 atom stereocenters. The molecule has 2 N–H and O–H groups in total. The Hall–Kier alpha value is -4.07. The van der Waals surface area contributed by atoms with Crippen LogP contribution in [0.15, 0.2) is 59.7 Å². The predicted octanol–water partition coefficient (Wildman–Crippen LogP) is 3.69. The number of likely N-dealkylation sites (tertiary alicyclic amines) is 1. The van der Waals surface area contributed by atoms with Gasteiger partial charge in [-0.1, -0.05) is 12.1 Å². The minimum atomic E-state index is -0.221. The molecule has 0 bridgehead atoms. The molecule has 4 heterocycles. The lowest BCUT2D eigenvalue weighted by molar-refractivity contribution is 0.0715. The first-order valence-electron chi connectivity index (χ1n) is 11.1. The number of carbonyl (C=O) groups excluding carboxylic acids is 1. The number of nitrogens with zero attached hydrogens (tertiary/aromatic N) is 3. The molecule has 0 spiro atoms.